The number of carbonyl (C=O) groups is 1. The van der Waals surface area contributed by atoms with Crippen LogP contribution in [0.15, 0.2) is 54.7 Å². The highest BCUT2D eigenvalue weighted by atomic mass is 19.1. The van der Waals surface area contributed by atoms with Crippen molar-refractivity contribution in [2.24, 2.45) is 0 Å². The fourth-order valence-corrected chi connectivity index (χ4v) is 4.27. The highest BCUT2D eigenvalue weighted by molar-refractivity contribution is 5.94. The molecule has 2 heterocycles. The summed E-state index contributed by atoms with van der Waals surface area (Å²) in [6.45, 7) is 1.15. The average Bonchev–Trinajstić information content (AvgIpc) is 2.84. The molecule has 1 aromatic heterocycles. The number of ether oxygens (including phenoxy) is 1. The third-order valence-electron chi connectivity index (χ3n) is 5.93. The second kappa shape index (κ2) is 10.1. The molecule has 0 spiro atoms. The number of hydrogen-bond acceptors (Lipinski definition) is 5. The Morgan fingerprint density at radius 2 is 1.97 bits per heavy atom. The van der Waals surface area contributed by atoms with Gasteiger partial charge in [0, 0.05) is 45.1 Å². The molecule has 0 radical (unpaired) electrons. The van der Waals surface area contributed by atoms with Gasteiger partial charge in [-0.3, -0.25) is 4.79 Å². The third-order valence-corrected chi connectivity index (χ3v) is 5.93. The van der Waals surface area contributed by atoms with Crippen molar-refractivity contribution in [3.63, 3.8) is 0 Å². The number of hydrogen-bond donors (Lipinski definition) is 0. The molecule has 1 saturated heterocycles. The van der Waals surface area contributed by atoms with Gasteiger partial charge in [0.15, 0.2) is 0 Å². The van der Waals surface area contributed by atoms with Crippen LogP contribution in [0.5, 0.6) is 0 Å². The monoisotopic (exact) mass is 448 g/mol. The first-order valence-electron chi connectivity index (χ1n) is 11.2. The number of likely N-dealkylation sites (tertiary alicyclic amines) is 1. The average molecular weight is 449 g/mol. The Balaban J connectivity index is 1.74. The number of nitrogens with zero attached hydrogens (tertiary/aromatic N) is 4. The van der Waals surface area contributed by atoms with Crippen molar-refractivity contribution in [1.82, 2.24) is 14.9 Å². The van der Waals surface area contributed by atoms with Gasteiger partial charge in [-0.1, -0.05) is 24.3 Å². The van der Waals surface area contributed by atoms with Crippen LogP contribution in [0.1, 0.15) is 46.9 Å². The Bertz CT molecular complexity index is 1120. The molecular weight excluding hydrogens is 419 g/mol. The number of methoxy groups -OCH3 is 1. The summed E-state index contributed by atoms with van der Waals surface area (Å²) in [6.07, 6.45) is 4.46. The maximum atomic E-state index is 14.0. The van der Waals surface area contributed by atoms with Crippen LogP contribution in [0.2, 0.25) is 0 Å². The SMILES string of the molecule is COCc1ccc(C(=O)N2CCCC[C@@H]2c2nc(N(C)C)ncc2-c2cccc(F)c2)cc1. The summed E-state index contributed by atoms with van der Waals surface area (Å²) in [6, 6.07) is 13.8. The van der Waals surface area contributed by atoms with Gasteiger partial charge >= 0.3 is 0 Å². The smallest absolute Gasteiger partial charge is 0.254 e. The summed E-state index contributed by atoms with van der Waals surface area (Å²) in [7, 11) is 5.41. The van der Waals surface area contributed by atoms with E-state index in [4.69, 9.17) is 9.72 Å². The molecule has 1 fully saturated rings. The lowest BCUT2D eigenvalue weighted by molar-refractivity contribution is 0.0606. The van der Waals surface area contributed by atoms with Gasteiger partial charge in [-0.2, -0.15) is 0 Å². The van der Waals surface area contributed by atoms with Crippen LogP contribution in [0.3, 0.4) is 0 Å². The number of halogens is 1. The maximum Gasteiger partial charge on any atom is 0.254 e. The first-order valence-corrected chi connectivity index (χ1v) is 11.2. The van der Waals surface area contributed by atoms with E-state index in [0.717, 1.165) is 36.1 Å². The molecule has 4 rings (SSSR count). The second-order valence-electron chi connectivity index (χ2n) is 8.51. The molecule has 0 saturated carbocycles. The molecular formula is C26H29FN4O2. The van der Waals surface area contributed by atoms with Crippen molar-refractivity contribution in [1.29, 1.82) is 0 Å². The highest BCUT2D eigenvalue weighted by Crippen LogP contribution is 2.37. The number of anilines is 1. The summed E-state index contributed by atoms with van der Waals surface area (Å²) in [5.74, 6) is 0.216. The Morgan fingerprint density at radius 3 is 2.67 bits per heavy atom. The van der Waals surface area contributed by atoms with E-state index < -0.39 is 0 Å². The molecule has 0 aliphatic carbocycles. The Morgan fingerprint density at radius 1 is 1.18 bits per heavy atom. The predicted molar refractivity (Wildman–Crippen MR) is 127 cm³/mol. The first-order chi connectivity index (χ1) is 16.0. The molecule has 0 bridgehead atoms. The molecule has 1 aliphatic heterocycles. The van der Waals surface area contributed by atoms with Crippen LogP contribution in [0.4, 0.5) is 10.3 Å². The molecule has 1 atom stereocenters. The molecule has 3 aromatic rings. The normalized spacial score (nSPS) is 16.0. The quantitative estimate of drug-likeness (QED) is 0.539. The minimum Gasteiger partial charge on any atom is -0.380 e. The van der Waals surface area contributed by atoms with Crippen LogP contribution in [0, 0.1) is 5.82 Å². The zero-order valence-electron chi connectivity index (χ0n) is 19.3. The molecule has 7 heteroatoms. The highest BCUT2D eigenvalue weighted by Gasteiger charge is 2.32. The van der Waals surface area contributed by atoms with Gasteiger partial charge < -0.3 is 14.5 Å². The summed E-state index contributed by atoms with van der Waals surface area (Å²) in [5.41, 5.74) is 3.86. The van der Waals surface area contributed by atoms with E-state index in [1.807, 2.05) is 54.2 Å². The summed E-state index contributed by atoms with van der Waals surface area (Å²) in [5, 5.41) is 0. The first kappa shape index (κ1) is 22.9. The van der Waals surface area contributed by atoms with E-state index in [1.165, 1.54) is 12.1 Å². The standard InChI is InChI=1S/C26H29FN4O2/c1-30(2)26-28-16-22(20-7-6-8-21(27)15-20)24(29-26)23-9-4-5-14-31(23)25(32)19-12-10-18(11-13-19)17-33-3/h6-8,10-13,15-16,23H,4-5,9,14,17H2,1-3H3/t23-/m1/s1. The minimum atomic E-state index is -0.317. The lowest BCUT2D eigenvalue weighted by atomic mass is 9.93. The molecule has 172 valence electrons. The van der Waals surface area contributed by atoms with Crippen LogP contribution in [-0.4, -0.2) is 48.5 Å². The van der Waals surface area contributed by atoms with Crippen molar-refractivity contribution in [3.8, 4) is 11.1 Å². The van der Waals surface area contributed by atoms with E-state index in [9.17, 15) is 9.18 Å². The van der Waals surface area contributed by atoms with Gasteiger partial charge in [-0.25, -0.2) is 14.4 Å². The number of piperidine rings is 1. The largest absolute Gasteiger partial charge is 0.380 e. The van der Waals surface area contributed by atoms with Gasteiger partial charge in [0.05, 0.1) is 18.3 Å². The van der Waals surface area contributed by atoms with Crippen LogP contribution < -0.4 is 4.90 Å². The molecule has 1 aliphatic rings. The van der Waals surface area contributed by atoms with E-state index >= 15 is 0 Å². The Labute approximate surface area is 194 Å². The predicted octanol–water partition coefficient (Wildman–Crippen LogP) is 4.86. The van der Waals surface area contributed by atoms with E-state index in [2.05, 4.69) is 4.98 Å². The maximum absolute atomic E-state index is 14.0. The van der Waals surface area contributed by atoms with Gasteiger partial charge in [-0.05, 0) is 54.7 Å². The number of aromatic nitrogens is 2. The fraction of sp³-hybridized carbons (Fsp3) is 0.346. The summed E-state index contributed by atoms with van der Waals surface area (Å²) >= 11 is 0. The van der Waals surface area contributed by atoms with Gasteiger partial charge in [0.25, 0.3) is 5.91 Å². The molecule has 0 N–H and O–H groups in total. The van der Waals surface area contributed by atoms with Gasteiger partial charge in [0.1, 0.15) is 5.82 Å². The lowest BCUT2D eigenvalue weighted by Crippen LogP contribution is -2.39. The van der Waals surface area contributed by atoms with Crippen molar-refractivity contribution in [2.45, 2.75) is 31.9 Å². The van der Waals surface area contributed by atoms with Crippen molar-refractivity contribution in [2.75, 3.05) is 32.6 Å². The molecule has 6 nitrogen and oxygen atoms in total. The number of benzene rings is 2. The summed E-state index contributed by atoms with van der Waals surface area (Å²) < 4.78 is 19.2. The topological polar surface area (TPSA) is 58.6 Å². The second-order valence-corrected chi connectivity index (χ2v) is 8.51. The van der Waals surface area contributed by atoms with Crippen LogP contribution in [-0.2, 0) is 11.3 Å². The van der Waals surface area contributed by atoms with Crippen molar-refractivity contribution >= 4 is 11.9 Å². The molecule has 1 amide bonds. The van der Waals surface area contributed by atoms with E-state index in [1.54, 1.807) is 19.4 Å². The Hall–Kier alpha value is -3.32. The molecule has 0 unspecified atom stereocenters. The molecule has 2 aromatic carbocycles. The Kier molecular flexibility index (Phi) is 6.99. The van der Waals surface area contributed by atoms with Gasteiger partial charge in [0.2, 0.25) is 5.95 Å². The number of rotatable bonds is 6. The van der Waals surface area contributed by atoms with Gasteiger partial charge in [-0.15, -0.1) is 0 Å². The lowest BCUT2D eigenvalue weighted by Gasteiger charge is -2.36. The zero-order valence-corrected chi connectivity index (χ0v) is 19.3. The van der Waals surface area contributed by atoms with Crippen LogP contribution in [0.25, 0.3) is 11.1 Å². The van der Waals surface area contributed by atoms with Crippen LogP contribution >= 0.6 is 0 Å². The minimum absolute atomic E-state index is 0.0288. The molecule has 33 heavy (non-hydrogen) atoms. The van der Waals surface area contributed by atoms with E-state index in [-0.39, 0.29) is 17.8 Å². The van der Waals surface area contributed by atoms with Crippen molar-refractivity contribution < 1.29 is 13.9 Å². The van der Waals surface area contributed by atoms with E-state index in [0.29, 0.717) is 30.2 Å². The zero-order chi connectivity index (χ0) is 23.4. The number of amides is 1. The van der Waals surface area contributed by atoms with Crippen molar-refractivity contribution in [3.05, 3.63) is 77.4 Å². The fourth-order valence-electron chi connectivity index (χ4n) is 4.27. The third kappa shape index (κ3) is 5.03. The number of carbonyl (C=O) groups excluding carboxylic acids is 1. The summed E-state index contributed by atoms with van der Waals surface area (Å²) in [4.78, 5) is 26.6.